The normalized spacial score (nSPS) is 27.8. The highest BCUT2D eigenvalue weighted by atomic mass is 16.2. The lowest BCUT2D eigenvalue weighted by Gasteiger charge is -2.56. The predicted molar refractivity (Wildman–Crippen MR) is 119 cm³/mol. The number of nitrogens with one attached hydrogen (secondary N) is 3. The van der Waals surface area contributed by atoms with E-state index in [0.29, 0.717) is 19.6 Å². The summed E-state index contributed by atoms with van der Waals surface area (Å²) in [6, 6.07) is 7.94. The number of carbonyl (C=O) groups is 2. The van der Waals surface area contributed by atoms with Gasteiger partial charge in [-0.25, -0.2) is 14.5 Å². The van der Waals surface area contributed by atoms with Crippen LogP contribution < -0.4 is 16.0 Å². The molecule has 1 aromatic carbocycles. The van der Waals surface area contributed by atoms with E-state index in [-0.39, 0.29) is 23.9 Å². The Kier molecular flexibility index (Phi) is 5.85. The standard InChI is InChI=1S/C24H32N6O2/c31-22(27-13-17-1-3-18(4-2-17)14-30-16-25-15-28-30)5-6-26-23(32)29-24-10-19-7-20(11-24)9-21(8-19)12-24/h1-4,15-16,19-21H,5-14H2,(H,27,31)(H2,26,29,32). The number of carbonyl (C=O) groups excluding carboxylic acids is 2. The van der Waals surface area contributed by atoms with Gasteiger partial charge in [-0.1, -0.05) is 24.3 Å². The second kappa shape index (κ2) is 8.92. The largest absolute Gasteiger partial charge is 0.352 e. The van der Waals surface area contributed by atoms with Crippen molar-refractivity contribution in [1.29, 1.82) is 0 Å². The van der Waals surface area contributed by atoms with Gasteiger partial charge in [-0.3, -0.25) is 4.79 Å². The molecule has 6 rings (SSSR count). The van der Waals surface area contributed by atoms with Crippen molar-refractivity contribution in [2.75, 3.05) is 6.54 Å². The highest BCUT2D eigenvalue weighted by molar-refractivity contribution is 5.78. The van der Waals surface area contributed by atoms with E-state index in [1.54, 1.807) is 11.0 Å². The zero-order valence-electron chi connectivity index (χ0n) is 18.4. The summed E-state index contributed by atoms with van der Waals surface area (Å²) in [6.07, 6.45) is 10.9. The number of hydrogen-bond acceptors (Lipinski definition) is 4. The summed E-state index contributed by atoms with van der Waals surface area (Å²) in [5.74, 6) is 2.32. The zero-order chi connectivity index (χ0) is 22.0. The molecule has 1 aromatic heterocycles. The van der Waals surface area contributed by atoms with Crippen LogP contribution in [0.4, 0.5) is 4.79 Å². The van der Waals surface area contributed by atoms with Crippen LogP contribution in [0.15, 0.2) is 36.9 Å². The molecule has 4 aliphatic carbocycles. The van der Waals surface area contributed by atoms with Crippen molar-refractivity contribution in [3.8, 4) is 0 Å². The molecule has 0 aliphatic heterocycles. The van der Waals surface area contributed by atoms with Gasteiger partial charge < -0.3 is 16.0 Å². The summed E-state index contributed by atoms with van der Waals surface area (Å²) >= 11 is 0. The lowest BCUT2D eigenvalue weighted by molar-refractivity contribution is -0.121. The lowest BCUT2D eigenvalue weighted by Crippen LogP contribution is -2.61. The number of hydrogen-bond donors (Lipinski definition) is 3. The van der Waals surface area contributed by atoms with Crippen LogP contribution >= 0.6 is 0 Å². The monoisotopic (exact) mass is 436 g/mol. The molecule has 4 aliphatic rings. The molecule has 8 nitrogen and oxygen atoms in total. The van der Waals surface area contributed by atoms with Crippen molar-refractivity contribution in [2.24, 2.45) is 17.8 Å². The van der Waals surface area contributed by atoms with Crippen molar-refractivity contribution in [3.63, 3.8) is 0 Å². The Bertz CT molecular complexity index is 905. The first kappa shape index (κ1) is 21.0. The molecule has 0 unspecified atom stereocenters. The van der Waals surface area contributed by atoms with E-state index in [1.807, 2.05) is 24.3 Å². The van der Waals surface area contributed by atoms with Gasteiger partial charge in [0.25, 0.3) is 0 Å². The Morgan fingerprint density at radius 1 is 0.969 bits per heavy atom. The van der Waals surface area contributed by atoms with Gasteiger partial charge in [0.05, 0.1) is 6.54 Å². The van der Waals surface area contributed by atoms with E-state index in [2.05, 4.69) is 26.0 Å². The van der Waals surface area contributed by atoms with Crippen molar-refractivity contribution >= 4 is 11.9 Å². The Morgan fingerprint density at radius 2 is 1.62 bits per heavy atom. The molecule has 1 heterocycles. The fraction of sp³-hybridized carbons (Fsp3) is 0.583. The van der Waals surface area contributed by atoms with E-state index in [1.165, 1.54) is 25.6 Å². The fourth-order valence-electron chi connectivity index (χ4n) is 6.39. The first-order chi connectivity index (χ1) is 15.6. The second-order valence-electron chi connectivity index (χ2n) is 10.0. The maximum atomic E-state index is 12.5. The fourth-order valence-corrected chi connectivity index (χ4v) is 6.39. The van der Waals surface area contributed by atoms with Crippen LogP contribution in [0.25, 0.3) is 0 Å². The Morgan fingerprint density at radius 3 is 2.25 bits per heavy atom. The molecule has 4 bridgehead atoms. The smallest absolute Gasteiger partial charge is 0.315 e. The first-order valence-electron chi connectivity index (χ1n) is 11.8. The van der Waals surface area contributed by atoms with Crippen LogP contribution in [0.3, 0.4) is 0 Å². The molecule has 0 saturated heterocycles. The van der Waals surface area contributed by atoms with E-state index in [0.717, 1.165) is 48.1 Å². The van der Waals surface area contributed by atoms with Crippen molar-refractivity contribution in [3.05, 3.63) is 48.0 Å². The van der Waals surface area contributed by atoms with Crippen LogP contribution in [0, 0.1) is 17.8 Å². The zero-order valence-corrected chi connectivity index (χ0v) is 18.4. The van der Waals surface area contributed by atoms with E-state index < -0.39 is 0 Å². The summed E-state index contributed by atoms with van der Waals surface area (Å²) in [6.45, 7) is 1.49. The number of amides is 3. The second-order valence-corrected chi connectivity index (χ2v) is 10.0. The summed E-state index contributed by atoms with van der Waals surface area (Å²) < 4.78 is 1.77. The van der Waals surface area contributed by atoms with Crippen LogP contribution in [0.5, 0.6) is 0 Å². The average molecular weight is 437 g/mol. The van der Waals surface area contributed by atoms with Crippen molar-refractivity contribution in [2.45, 2.75) is 63.6 Å². The molecular formula is C24H32N6O2. The molecule has 0 spiro atoms. The molecule has 2 aromatic rings. The molecule has 0 atom stereocenters. The highest BCUT2D eigenvalue weighted by Gasteiger charge is 2.51. The Balaban J connectivity index is 1.00. The molecule has 4 fully saturated rings. The maximum Gasteiger partial charge on any atom is 0.315 e. The third-order valence-corrected chi connectivity index (χ3v) is 7.38. The molecule has 8 heteroatoms. The van der Waals surface area contributed by atoms with Crippen LogP contribution in [-0.2, 0) is 17.9 Å². The minimum Gasteiger partial charge on any atom is -0.352 e. The van der Waals surface area contributed by atoms with Gasteiger partial charge in [0, 0.05) is 25.0 Å². The SMILES string of the molecule is O=C(CCNC(=O)NC12CC3CC(CC(C3)C1)C2)NCc1ccc(Cn2cncn2)cc1. The molecule has 3 amide bonds. The van der Waals surface area contributed by atoms with Crippen molar-refractivity contribution in [1.82, 2.24) is 30.7 Å². The highest BCUT2D eigenvalue weighted by Crippen LogP contribution is 2.55. The van der Waals surface area contributed by atoms with E-state index >= 15 is 0 Å². The third-order valence-electron chi connectivity index (χ3n) is 7.38. The topological polar surface area (TPSA) is 101 Å². The van der Waals surface area contributed by atoms with Crippen LogP contribution in [0.1, 0.15) is 56.1 Å². The molecule has 0 radical (unpaired) electrons. The van der Waals surface area contributed by atoms with Gasteiger partial charge >= 0.3 is 6.03 Å². The molecule has 170 valence electrons. The predicted octanol–water partition coefficient (Wildman–Crippen LogP) is 2.60. The quantitative estimate of drug-likeness (QED) is 0.592. The third kappa shape index (κ3) is 4.95. The average Bonchev–Trinajstić information content (AvgIpc) is 3.25. The van der Waals surface area contributed by atoms with Gasteiger partial charge in [0.2, 0.25) is 5.91 Å². The van der Waals surface area contributed by atoms with Gasteiger partial charge in [-0.2, -0.15) is 5.10 Å². The van der Waals surface area contributed by atoms with Gasteiger partial charge in [-0.15, -0.1) is 0 Å². The Labute approximate surface area is 188 Å². The van der Waals surface area contributed by atoms with E-state index in [9.17, 15) is 9.59 Å². The number of nitrogens with zero attached hydrogens (tertiary/aromatic N) is 3. The first-order valence-corrected chi connectivity index (χ1v) is 11.8. The van der Waals surface area contributed by atoms with Gasteiger partial charge in [-0.05, 0) is 67.4 Å². The summed E-state index contributed by atoms with van der Waals surface area (Å²) in [5, 5.41) is 13.2. The number of rotatable bonds is 8. The molecular weight excluding hydrogens is 404 g/mol. The maximum absolute atomic E-state index is 12.5. The van der Waals surface area contributed by atoms with Crippen LogP contribution in [-0.4, -0.2) is 38.8 Å². The minimum atomic E-state index is -0.122. The number of urea groups is 1. The van der Waals surface area contributed by atoms with Crippen LogP contribution in [0.2, 0.25) is 0 Å². The molecule has 3 N–H and O–H groups in total. The van der Waals surface area contributed by atoms with Gasteiger partial charge in [0.15, 0.2) is 0 Å². The number of aromatic nitrogens is 3. The molecule has 4 saturated carbocycles. The summed E-state index contributed by atoms with van der Waals surface area (Å²) in [7, 11) is 0. The summed E-state index contributed by atoms with van der Waals surface area (Å²) in [5.41, 5.74) is 2.16. The lowest BCUT2D eigenvalue weighted by atomic mass is 9.53. The summed E-state index contributed by atoms with van der Waals surface area (Å²) in [4.78, 5) is 28.6. The van der Waals surface area contributed by atoms with Crippen molar-refractivity contribution < 1.29 is 9.59 Å². The minimum absolute atomic E-state index is 0.00117. The number of benzene rings is 1. The molecule has 32 heavy (non-hydrogen) atoms. The van der Waals surface area contributed by atoms with E-state index in [4.69, 9.17) is 0 Å². The van der Waals surface area contributed by atoms with Gasteiger partial charge in [0.1, 0.15) is 12.7 Å². The Hall–Kier alpha value is -2.90.